The summed E-state index contributed by atoms with van der Waals surface area (Å²) in [4.78, 5) is 27.2. The Kier molecular flexibility index (Phi) is 6.42. The van der Waals surface area contributed by atoms with Crippen LogP contribution in [0.25, 0.3) is 0 Å². The lowest BCUT2D eigenvalue weighted by Crippen LogP contribution is -2.56. The van der Waals surface area contributed by atoms with Gasteiger partial charge < -0.3 is 14.7 Å². The molecule has 1 aromatic carbocycles. The maximum Gasteiger partial charge on any atom is 0.410 e. The van der Waals surface area contributed by atoms with Crippen molar-refractivity contribution >= 4 is 12.1 Å². The predicted octanol–water partition coefficient (Wildman–Crippen LogP) is 2.63. The molecule has 6 heteroatoms. The molecule has 25 heavy (non-hydrogen) atoms. The first-order chi connectivity index (χ1) is 11.7. The van der Waals surface area contributed by atoms with Gasteiger partial charge in [0.1, 0.15) is 5.60 Å². The van der Waals surface area contributed by atoms with Crippen molar-refractivity contribution in [2.45, 2.75) is 45.3 Å². The molecule has 0 radical (unpaired) electrons. The topological polar surface area (TPSA) is 70.1 Å². The maximum absolute atomic E-state index is 12.4. The van der Waals surface area contributed by atoms with Gasteiger partial charge in [0.05, 0.1) is 6.42 Å². The van der Waals surface area contributed by atoms with Gasteiger partial charge in [-0.05, 0) is 32.8 Å². The number of amides is 1. The third-order valence-corrected chi connectivity index (χ3v) is 4.18. The molecule has 138 valence electrons. The van der Waals surface area contributed by atoms with Gasteiger partial charge in [0.2, 0.25) is 0 Å². The molecular formula is C19H28N2O4. The van der Waals surface area contributed by atoms with Gasteiger partial charge in [-0.3, -0.25) is 9.69 Å². The monoisotopic (exact) mass is 348 g/mol. The Hall–Kier alpha value is -2.08. The van der Waals surface area contributed by atoms with Crippen LogP contribution < -0.4 is 0 Å². The molecule has 0 saturated carbocycles. The number of carboxylic acids is 1. The van der Waals surface area contributed by atoms with Gasteiger partial charge in [-0.15, -0.1) is 0 Å². The van der Waals surface area contributed by atoms with Crippen molar-refractivity contribution in [2.75, 3.05) is 26.2 Å². The molecular weight excluding hydrogens is 320 g/mol. The van der Waals surface area contributed by atoms with E-state index in [0.717, 1.165) is 6.42 Å². The smallest absolute Gasteiger partial charge is 0.410 e. The standard InChI is InChI=1S/C19H28N2O4/c1-19(2,3)25-18(24)21-12-11-20(10-9-17(22)23)16(14-21)13-15-7-5-4-6-8-15/h4-8,16H,9-14H2,1-3H3,(H,22,23). The second kappa shape index (κ2) is 8.34. The minimum Gasteiger partial charge on any atom is -0.481 e. The average Bonchev–Trinajstić information content (AvgIpc) is 2.53. The number of carbonyl (C=O) groups is 2. The van der Waals surface area contributed by atoms with Crippen LogP contribution in [-0.4, -0.2) is 64.8 Å². The zero-order valence-corrected chi connectivity index (χ0v) is 15.3. The molecule has 1 aliphatic rings. The summed E-state index contributed by atoms with van der Waals surface area (Å²) in [5.41, 5.74) is 0.658. The first-order valence-corrected chi connectivity index (χ1v) is 8.72. The first-order valence-electron chi connectivity index (χ1n) is 8.72. The lowest BCUT2D eigenvalue weighted by Gasteiger charge is -2.41. The molecule has 1 aliphatic heterocycles. The van der Waals surface area contributed by atoms with E-state index in [1.807, 2.05) is 39.0 Å². The summed E-state index contributed by atoms with van der Waals surface area (Å²) in [5.74, 6) is -0.798. The summed E-state index contributed by atoms with van der Waals surface area (Å²) >= 11 is 0. The van der Waals surface area contributed by atoms with E-state index in [1.54, 1.807) is 4.90 Å². The van der Waals surface area contributed by atoms with Crippen LogP contribution >= 0.6 is 0 Å². The fourth-order valence-corrected chi connectivity index (χ4v) is 3.00. The molecule has 1 atom stereocenters. The normalized spacial score (nSPS) is 18.8. The number of hydrogen-bond donors (Lipinski definition) is 1. The van der Waals surface area contributed by atoms with E-state index in [0.29, 0.717) is 26.2 Å². The maximum atomic E-state index is 12.4. The number of carbonyl (C=O) groups excluding carboxylic acids is 1. The van der Waals surface area contributed by atoms with Crippen LogP contribution in [-0.2, 0) is 16.0 Å². The number of carboxylic acid groups (broad SMARTS) is 1. The fraction of sp³-hybridized carbons (Fsp3) is 0.579. The molecule has 1 fully saturated rings. The van der Waals surface area contributed by atoms with Gasteiger partial charge in [-0.2, -0.15) is 0 Å². The lowest BCUT2D eigenvalue weighted by atomic mass is 10.0. The molecule has 0 aromatic heterocycles. The molecule has 0 bridgehead atoms. The van der Waals surface area contributed by atoms with Gasteiger partial charge in [0, 0.05) is 32.2 Å². The van der Waals surface area contributed by atoms with Gasteiger partial charge in [0.25, 0.3) is 0 Å². The Labute approximate surface area is 149 Å². The third-order valence-electron chi connectivity index (χ3n) is 4.18. The number of rotatable bonds is 5. The highest BCUT2D eigenvalue weighted by atomic mass is 16.6. The molecule has 2 rings (SSSR count). The SMILES string of the molecule is CC(C)(C)OC(=O)N1CCN(CCC(=O)O)C(Cc2ccccc2)C1. The van der Waals surface area contributed by atoms with Crippen molar-refractivity contribution in [3.05, 3.63) is 35.9 Å². The van der Waals surface area contributed by atoms with Gasteiger partial charge >= 0.3 is 12.1 Å². The van der Waals surface area contributed by atoms with E-state index in [4.69, 9.17) is 9.84 Å². The van der Waals surface area contributed by atoms with Gasteiger partial charge in [-0.1, -0.05) is 30.3 Å². The quantitative estimate of drug-likeness (QED) is 0.886. The Morgan fingerprint density at radius 1 is 1.20 bits per heavy atom. The Morgan fingerprint density at radius 3 is 2.48 bits per heavy atom. The highest BCUT2D eigenvalue weighted by molar-refractivity contribution is 5.68. The Morgan fingerprint density at radius 2 is 1.88 bits per heavy atom. The minimum absolute atomic E-state index is 0.0861. The summed E-state index contributed by atoms with van der Waals surface area (Å²) in [6.45, 7) is 7.82. The van der Waals surface area contributed by atoms with Crippen molar-refractivity contribution in [2.24, 2.45) is 0 Å². The van der Waals surface area contributed by atoms with Crippen LogP contribution in [0.1, 0.15) is 32.8 Å². The number of benzene rings is 1. The van der Waals surface area contributed by atoms with Crippen LogP contribution in [0, 0.1) is 0 Å². The Balaban J connectivity index is 2.05. The van der Waals surface area contributed by atoms with E-state index < -0.39 is 11.6 Å². The summed E-state index contributed by atoms with van der Waals surface area (Å²) in [7, 11) is 0. The largest absolute Gasteiger partial charge is 0.481 e. The molecule has 0 aliphatic carbocycles. The molecule has 1 N–H and O–H groups in total. The van der Waals surface area contributed by atoms with Crippen molar-refractivity contribution in [1.29, 1.82) is 0 Å². The number of nitrogens with zero attached hydrogens (tertiary/aromatic N) is 2. The van der Waals surface area contributed by atoms with Crippen molar-refractivity contribution < 1.29 is 19.4 Å². The van der Waals surface area contributed by atoms with Crippen molar-refractivity contribution in [3.8, 4) is 0 Å². The lowest BCUT2D eigenvalue weighted by molar-refractivity contribution is -0.137. The second-order valence-electron chi connectivity index (χ2n) is 7.45. The highest BCUT2D eigenvalue weighted by Crippen LogP contribution is 2.18. The van der Waals surface area contributed by atoms with Crippen LogP contribution in [0.3, 0.4) is 0 Å². The molecule has 1 heterocycles. The van der Waals surface area contributed by atoms with Gasteiger partial charge in [-0.25, -0.2) is 4.79 Å². The molecule has 0 spiro atoms. The van der Waals surface area contributed by atoms with E-state index in [-0.39, 0.29) is 18.6 Å². The number of piperazine rings is 1. The first kappa shape index (κ1) is 19.2. The molecule has 1 amide bonds. The van der Waals surface area contributed by atoms with Crippen LogP contribution in [0.4, 0.5) is 4.79 Å². The molecule has 1 aromatic rings. The van der Waals surface area contributed by atoms with Crippen LogP contribution in [0.5, 0.6) is 0 Å². The van der Waals surface area contributed by atoms with Gasteiger partial charge in [0.15, 0.2) is 0 Å². The summed E-state index contributed by atoms with van der Waals surface area (Å²) in [5, 5.41) is 8.98. The van der Waals surface area contributed by atoms with Crippen LogP contribution in [0.15, 0.2) is 30.3 Å². The second-order valence-corrected chi connectivity index (χ2v) is 7.45. The minimum atomic E-state index is -0.798. The summed E-state index contributed by atoms with van der Waals surface area (Å²) < 4.78 is 5.48. The van der Waals surface area contributed by atoms with Crippen molar-refractivity contribution in [1.82, 2.24) is 9.80 Å². The van der Waals surface area contributed by atoms with Crippen molar-refractivity contribution in [3.63, 3.8) is 0 Å². The zero-order valence-electron chi connectivity index (χ0n) is 15.3. The number of aliphatic carboxylic acids is 1. The van der Waals surface area contributed by atoms with Crippen LogP contribution in [0.2, 0.25) is 0 Å². The fourth-order valence-electron chi connectivity index (χ4n) is 3.00. The molecule has 6 nitrogen and oxygen atoms in total. The zero-order chi connectivity index (χ0) is 18.4. The van der Waals surface area contributed by atoms with E-state index >= 15 is 0 Å². The van der Waals surface area contributed by atoms with E-state index in [1.165, 1.54) is 5.56 Å². The summed E-state index contributed by atoms with van der Waals surface area (Å²) in [6, 6.07) is 10.2. The Bertz CT molecular complexity index is 583. The van der Waals surface area contributed by atoms with E-state index in [2.05, 4.69) is 17.0 Å². The van der Waals surface area contributed by atoms with E-state index in [9.17, 15) is 9.59 Å². The average molecular weight is 348 g/mol. The third kappa shape index (κ3) is 6.38. The number of ether oxygens (including phenoxy) is 1. The number of hydrogen-bond acceptors (Lipinski definition) is 4. The predicted molar refractivity (Wildman–Crippen MR) is 95.6 cm³/mol. The highest BCUT2D eigenvalue weighted by Gasteiger charge is 2.32. The summed E-state index contributed by atoms with van der Waals surface area (Å²) in [6.07, 6.45) is 0.584. The molecule has 1 saturated heterocycles. The molecule has 1 unspecified atom stereocenters.